The third-order valence-corrected chi connectivity index (χ3v) is 6.73. The first-order valence-corrected chi connectivity index (χ1v) is 10.1. The normalized spacial score (nSPS) is 11.6. The number of hydrogen-bond acceptors (Lipinski definition) is 3. The molecule has 2 aromatic rings. The molecule has 0 saturated carbocycles. The van der Waals surface area contributed by atoms with E-state index in [1.807, 2.05) is 39.8 Å². The van der Waals surface area contributed by atoms with Crippen LogP contribution >= 0.6 is 0 Å². The molecule has 0 saturated heterocycles. The number of carbonyl (C=O) groups is 1. The number of amides is 1. The average molecular weight is 375 g/mol. The predicted octanol–water partition coefficient (Wildman–Crippen LogP) is 3.89. The van der Waals surface area contributed by atoms with Crippen LogP contribution < -0.4 is 5.32 Å². The van der Waals surface area contributed by atoms with Gasteiger partial charge in [0, 0.05) is 24.3 Å². The fraction of sp³-hybridized carbons (Fsp3) is 0.350. The molecule has 0 atom stereocenters. The Hall–Kier alpha value is -2.18. The van der Waals surface area contributed by atoms with Crippen LogP contribution in [0.25, 0.3) is 0 Å². The molecule has 0 aromatic heterocycles. The van der Waals surface area contributed by atoms with E-state index in [9.17, 15) is 13.2 Å². The summed E-state index contributed by atoms with van der Waals surface area (Å²) in [6.45, 7) is 10.1. The van der Waals surface area contributed by atoms with Crippen molar-refractivity contribution >= 4 is 21.6 Å². The maximum absolute atomic E-state index is 12.8. The lowest BCUT2D eigenvalue weighted by atomic mass is 10.1. The van der Waals surface area contributed by atoms with Crippen LogP contribution in [0.3, 0.4) is 0 Å². The van der Waals surface area contributed by atoms with Crippen molar-refractivity contribution in [3.63, 3.8) is 0 Å². The lowest BCUT2D eigenvalue weighted by Crippen LogP contribution is -2.31. The summed E-state index contributed by atoms with van der Waals surface area (Å²) < 4.78 is 27.0. The maximum atomic E-state index is 12.8. The zero-order chi connectivity index (χ0) is 19.5. The van der Waals surface area contributed by atoms with Gasteiger partial charge in [-0.2, -0.15) is 4.31 Å². The molecule has 2 aromatic carbocycles. The first-order valence-electron chi connectivity index (χ1n) is 8.70. The number of carbonyl (C=O) groups excluding carboxylic acids is 1. The Kier molecular flexibility index (Phi) is 6.21. The summed E-state index contributed by atoms with van der Waals surface area (Å²) in [7, 11) is -3.59. The Balaban J connectivity index is 2.35. The second kappa shape index (κ2) is 8.01. The predicted molar refractivity (Wildman–Crippen MR) is 105 cm³/mol. The molecule has 140 valence electrons. The van der Waals surface area contributed by atoms with Gasteiger partial charge in [0.25, 0.3) is 5.91 Å². The third kappa shape index (κ3) is 4.14. The first kappa shape index (κ1) is 20.1. The van der Waals surface area contributed by atoms with Crippen molar-refractivity contribution in [1.82, 2.24) is 4.31 Å². The molecular formula is C20H26N2O3S. The summed E-state index contributed by atoms with van der Waals surface area (Å²) in [6.07, 6.45) is 0. The van der Waals surface area contributed by atoms with Gasteiger partial charge in [-0.3, -0.25) is 4.79 Å². The highest BCUT2D eigenvalue weighted by Gasteiger charge is 2.24. The van der Waals surface area contributed by atoms with Gasteiger partial charge in [0.1, 0.15) is 0 Å². The van der Waals surface area contributed by atoms with E-state index in [4.69, 9.17) is 0 Å². The standard InChI is InChI=1S/C20H26N2O3S/c1-6-22(7-2)26(24,25)19-13-18(11-9-15(19)4)21-20(23)17-10-8-14(3)16(5)12-17/h8-13H,6-7H2,1-5H3,(H,21,23). The van der Waals surface area contributed by atoms with Gasteiger partial charge in [-0.15, -0.1) is 0 Å². The summed E-state index contributed by atoms with van der Waals surface area (Å²) in [4.78, 5) is 12.7. The number of anilines is 1. The van der Waals surface area contributed by atoms with Gasteiger partial charge in [0.05, 0.1) is 4.90 Å². The van der Waals surface area contributed by atoms with E-state index in [-0.39, 0.29) is 10.8 Å². The van der Waals surface area contributed by atoms with Crippen LogP contribution in [-0.4, -0.2) is 31.7 Å². The molecule has 1 amide bonds. The van der Waals surface area contributed by atoms with E-state index in [0.29, 0.717) is 29.9 Å². The molecule has 5 nitrogen and oxygen atoms in total. The van der Waals surface area contributed by atoms with Crippen molar-refractivity contribution in [2.75, 3.05) is 18.4 Å². The molecule has 0 spiro atoms. The van der Waals surface area contributed by atoms with E-state index in [1.54, 1.807) is 25.1 Å². The molecule has 2 rings (SSSR count). The molecule has 0 aliphatic carbocycles. The Bertz CT molecular complexity index is 917. The zero-order valence-corrected chi connectivity index (χ0v) is 16.8. The second-order valence-corrected chi connectivity index (χ2v) is 8.23. The summed E-state index contributed by atoms with van der Waals surface area (Å²) in [6, 6.07) is 10.4. The molecule has 0 aliphatic rings. The highest BCUT2D eigenvalue weighted by molar-refractivity contribution is 7.89. The highest BCUT2D eigenvalue weighted by atomic mass is 32.2. The van der Waals surface area contributed by atoms with Gasteiger partial charge in [0.2, 0.25) is 10.0 Å². The lowest BCUT2D eigenvalue weighted by Gasteiger charge is -2.20. The zero-order valence-electron chi connectivity index (χ0n) is 16.0. The van der Waals surface area contributed by atoms with Crippen LogP contribution in [0.4, 0.5) is 5.69 Å². The summed E-state index contributed by atoms with van der Waals surface area (Å²) in [5.74, 6) is -0.261. The van der Waals surface area contributed by atoms with Gasteiger partial charge in [-0.1, -0.05) is 26.0 Å². The number of rotatable bonds is 6. The van der Waals surface area contributed by atoms with Crippen molar-refractivity contribution < 1.29 is 13.2 Å². The van der Waals surface area contributed by atoms with Gasteiger partial charge in [-0.25, -0.2) is 8.42 Å². The van der Waals surface area contributed by atoms with E-state index in [0.717, 1.165) is 11.1 Å². The van der Waals surface area contributed by atoms with Crippen LogP contribution in [-0.2, 0) is 10.0 Å². The Morgan fingerprint density at radius 2 is 1.54 bits per heavy atom. The molecule has 0 aliphatic heterocycles. The van der Waals surface area contributed by atoms with E-state index in [2.05, 4.69) is 5.32 Å². The van der Waals surface area contributed by atoms with E-state index >= 15 is 0 Å². The van der Waals surface area contributed by atoms with Gasteiger partial charge >= 0.3 is 0 Å². The summed E-state index contributed by atoms with van der Waals surface area (Å²) in [5, 5.41) is 2.80. The van der Waals surface area contributed by atoms with E-state index in [1.165, 1.54) is 10.4 Å². The fourth-order valence-corrected chi connectivity index (χ4v) is 4.45. The number of nitrogens with zero attached hydrogens (tertiary/aromatic N) is 1. The molecule has 0 heterocycles. The van der Waals surface area contributed by atoms with Crippen molar-refractivity contribution in [2.45, 2.75) is 39.5 Å². The van der Waals surface area contributed by atoms with Crippen LogP contribution in [0.5, 0.6) is 0 Å². The van der Waals surface area contributed by atoms with Gasteiger partial charge in [0.15, 0.2) is 0 Å². The molecule has 0 bridgehead atoms. The molecule has 26 heavy (non-hydrogen) atoms. The monoisotopic (exact) mass is 374 g/mol. The third-order valence-electron chi connectivity index (χ3n) is 4.54. The number of benzene rings is 2. The average Bonchev–Trinajstić information content (AvgIpc) is 2.59. The number of sulfonamides is 1. The maximum Gasteiger partial charge on any atom is 0.255 e. The van der Waals surface area contributed by atoms with Crippen molar-refractivity contribution in [1.29, 1.82) is 0 Å². The highest BCUT2D eigenvalue weighted by Crippen LogP contribution is 2.24. The Labute approximate surface area is 156 Å². The Morgan fingerprint density at radius 1 is 0.923 bits per heavy atom. The van der Waals surface area contributed by atoms with Crippen LogP contribution in [0.2, 0.25) is 0 Å². The van der Waals surface area contributed by atoms with E-state index < -0.39 is 10.0 Å². The molecule has 0 fully saturated rings. The minimum Gasteiger partial charge on any atom is -0.322 e. The van der Waals surface area contributed by atoms with Crippen LogP contribution in [0.1, 0.15) is 40.9 Å². The number of nitrogens with one attached hydrogen (secondary N) is 1. The molecule has 0 radical (unpaired) electrons. The first-order chi connectivity index (χ1) is 12.2. The minimum absolute atomic E-state index is 0.221. The number of hydrogen-bond donors (Lipinski definition) is 1. The molecule has 1 N–H and O–H groups in total. The van der Waals surface area contributed by atoms with Gasteiger partial charge in [-0.05, 0) is 61.7 Å². The molecule has 6 heteroatoms. The summed E-state index contributed by atoms with van der Waals surface area (Å²) in [5.41, 5.74) is 3.81. The minimum atomic E-state index is -3.59. The lowest BCUT2D eigenvalue weighted by molar-refractivity contribution is 0.102. The SMILES string of the molecule is CCN(CC)S(=O)(=O)c1cc(NC(=O)c2ccc(C)c(C)c2)ccc1C. The van der Waals surface area contributed by atoms with Crippen LogP contribution in [0.15, 0.2) is 41.3 Å². The molecular weight excluding hydrogens is 348 g/mol. The van der Waals surface area contributed by atoms with Crippen LogP contribution in [0, 0.1) is 20.8 Å². The fourth-order valence-electron chi connectivity index (χ4n) is 2.74. The van der Waals surface area contributed by atoms with Crippen molar-refractivity contribution in [3.8, 4) is 0 Å². The van der Waals surface area contributed by atoms with Crippen molar-refractivity contribution in [3.05, 3.63) is 58.7 Å². The Morgan fingerprint density at radius 3 is 2.12 bits per heavy atom. The largest absolute Gasteiger partial charge is 0.322 e. The topological polar surface area (TPSA) is 66.5 Å². The van der Waals surface area contributed by atoms with Gasteiger partial charge < -0.3 is 5.32 Å². The molecule has 0 unspecified atom stereocenters. The summed E-state index contributed by atoms with van der Waals surface area (Å²) >= 11 is 0. The quantitative estimate of drug-likeness (QED) is 0.834. The smallest absolute Gasteiger partial charge is 0.255 e. The number of aryl methyl sites for hydroxylation is 3. The van der Waals surface area contributed by atoms with Crippen molar-refractivity contribution in [2.24, 2.45) is 0 Å². The second-order valence-electron chi connectivity index (χ2n) is 6.32.